The number of alkyl halides is 3. The lowest BCUT2D eigenvalue weighted by atomic mass is 10.0. The summed E-state index contributed by atoms with van der Waals surface area (Å²) in [6.45, 7) is 2.96. The number of hydrogen-bond acceptors (Lipinski definition) is 3. The fourth-order valence-corrected chi connectivity index (χ4v) is 2.46. The van der Waals surface area contributed by atoms with Gasteiger partial charge in [0.05, 0.1) is 30.4 Å². The molecule has 1 aliphatic rings. The molecule has 1 fully saturated rings. The largest absolute Gasteiger partial charge is 0.478 e. The summed E-state index contributed by atoms with van der Waals surface area (Å²) in [6, 6.07) is 2.99. The number of hydrogen-bond donors (Lipinski definition) is 1. The number of morpholine rings is 1. The second-order valence-electron chi connectivity index (χ2n) is 4.87. The lowest BCUT2D eigenvalue weighted by Gasteiger charge is -2.38. The number of carboxylic acid groups (broad SMARTS) is 1. The number of aromatic carboxylic acids is 1. The Bertz CT molecular complexity index is 531. The number of nitrogens with zero attached hydrogens (tertiary/aromatic N) is 1. The number of carboxylic acids is 1. The summed E-state index contributed by atoms with van der Waals surface area (Å²) in [7, 11) is 0. The Morgan fingerprint density at radius 2 is 2.19 bits per heavy atom. The molecule has 4 nitrogen and oxygen atoms in total. The van der Waals surface area contributed by atoms with Gasteiger partial charge in [-0.3, -0.25) is 0 Å². The quantitative estimate of drug-likeness (QED) is 0.932. The second-order valence-corrected chi connectivity index (χ2v) is 4.87. The number of benzene rings is 1. The van der Waals surface area contributed by atoms with Crippen LogP contribution in [0, 0.1) is 0 Å². The first-order valence-corrected chi connectivity index (χ1v) is 6.63. The molecular weight excluding hydrogens is 287 g/mol. The van der Waals surface area contributed by atoms with Crippen LogP contribution in [-0.2, 0) is 10.9 Å². The van der Waals surface area contributed by atoms with Gasteiger partial charge in [0, 0.05) is 12.2 Å². The molecule has 1 heterocycles. The molecule has 7 heteroatoms. The third kappa shape index (κ3) is 3.29. The number of halogens is 3. The van der Waals surface area contributed by atoms with Crippen molar-refractivity contribution < 1.29 is 27.8 Å². The second kappa shape index (κ2) is 5.93. The SMILES string of the molecule is CCC1COCCN1c1ccc(C(=O)O)cc1C(F)(F)F. The zero-order chi connectivity index (χ0) is 15.6. The maximum atomic E-state index is 13.2. The molecular formula is C14H16F3NO3. The van der Waals surface area contributed by atoms with E-state index in [1.54, 1.807) is 4.90 Å². The van der Waals surface area contributed by atoms with Gasteiger partial charge in [-0.05, 0) is 24.6 Å². The molecule has 0 saturated carbocycles. The van der Waals surface area contributed by atoms with Gasteiger partial charge in [-0.2, -0.15) is 13.2 Å². The molecule has 1 aromatic rings. The van der Waals surface area contributed by atoms with Gasteiger partial charge in [-0.25, -0.2) is 4.79 Å². The van der Waals surface area contributed by atoms with Crippen molar-refractivity contribution in [1.82, 2.24) is 0 Å². The average molecular weight is 303 g/mol. The molecule has 1 unspecified atom stereocenters. The van der Waals surface area contributed by atoms with Crippen LogP contribution in [0.2, 0.25) is 0 Å². The zero-order valence-corrected chi connectivity index (χ0v) is 11.5. The third-order valence-corrected chi connectivity index (χ3v) is 3.56. The molecule has 0 bridgehead atoms. The van der Waals surface area contributed by atoms with E-state index in [4.69, 9.17) is 9.84 Å². The molecule has 0 aliphatic carbocycles. The Morgan fingerprint density at radius 1 is 1.48 bits per heavy atom. The normalized spacial score (nSPS) is 19.6. The Labute approximate surface area is 120 Å². The minimum Gasteiger partial charge on any atom is -0.478 e. The fourth-order valence-electron chi connectivity index (χ4n) is 2.46. The monoisotopic (exact) mass is 303 g/mol. The smallest absolute Gasteiger partial charge is 0.418 e. The van der Waals surface area contributed by atoms with E-state index in [1.807, 2.05) is 6.92 Å². The van der Waals surface area contributed by atoms with Crippen LogP contribution < -0.4 is 4.90 Å². The minimum absolute atomic E-state index is 0.0163. The molecule has 1 aromatic carbocycles. The predicted octanol–water partition coefficient (Wildman–Crippen LogP) is 3.02. The average Bonchev–Trinajstić information content (AvgIpc) is 2.45. The summed E-state index contributed by atoms with van der Waals surface area (Å²) in [4.78, 5) is 12.5. The van der Waals surface area contributed by atoms with Crippen LogP contribution in [0.1, 0.15) is 29.3 Å². The van der Waals surface area contributed by atoms with Crippen LogP contribution in [0.3, 0.4) is 0 Å². The fraction of sp³-hybridized carbons (Fsp3) is 0.500. The summed E-state index contributed by atoms with van der Waals surface area (Å²) >= 11 is 0. The molecule has 1 atom stereocenters. The highest BCUT2D eigenvalue weighted by atomic mass is 19.4. The summed E-state index contributed by atoms with van der Waals surface area (Å²) in [5.74, 6) is -1.37. The van der Waals surface area contributed by atoms with E-state index in [9.17, 15) is 18.0 Å². The zero-order valence-electron chi connectivity index (χ0n) is 11.5. The number of anilines is 1. The molecule has 1 N–H and O–H groups in total. The van der Waals surface area contributed by atoms with Crippen molar-refractivity contribution in [3.63, 3.8) is 0 Å². The van der Waals surface area contributed by atoms with Gasteiger partial charge in [0.15, 0.2) is 0 Å². The van der Waals surface area contributed by atoms with Crippen molar-refractivity contribution in [3.8, 4) is 0 Å². The molecule has 2 rings (SSSR count). The van der Waals surface area contributed by atoms with E-state index in [-0.39, 0.29) is 17.3 Å². The number of carbonyl (C=O) groups is 1. The van der Waals surface area contributed by atoms with Gasteiger partial charge in [0.1, 0.15) is 0 Å². The first kappa shape index (κ1) is 15.6. The van der Waals surface area contributed by atoms with E-state index in [2.05, 4.69) is 0 Å². The van der Waals surface area contributed by atoms with Crippen LogP contribution in [0.25, 0.3) is 0 Å². The highest BCUT2D eigenvalue weighted by Crippen LogP contribution is 2.38. The first-order chi connectivity index (χ1) is 9.84. The molecule has 0 radical (unpaired) electrons. The van der Waals surface area contributed by atoms with Crippen LogP contribution in [0.15, 0.2) is 18.2 Å². The van der Waals surface area contributed by atoms with E-state index >= 15 is 0 Å². The summed E-state index contributed by atoms with van der Waals surface area (Å²) in [5, 5.41) is 8.87. The van der Waals surface area contributed by atoms with Crippen LogP contribution in [-0.4, -0.2) is 36.9 Å². The summed E-state index contributed by atoms with van der Waals surface area (Å²) in [5.41, 5.74) is -1.27. The number of ether oxygens (including phenoxy) is 1. The highest BCUT2D eigenvalue weighted by Gasteiger charge is 2.37. The maximum absolute atomic E-state index is 13.2. The lowest BCUT2D eigenvalue weighted by molar-refractivity contribution is -0.137. The highest BCUT2D eigenvalue weighted by molar-refractivity contribution is 5.88. The minimum atomic E-state index is -4.60. The Hall–Kier alpha value is -1.76. The van der Waals surface area contributed by atoms with E-state index in [0.29, 0.717) is 32.2 Å². The molecule has 116 valence electrons. The van der Waals surface area contributed by atoms with Gasteiger partial charge in [0.2, 0.25) is 0 Å². The van der Waals surface area contributed by atoms with Crippen LogP contribution >= 0.6 is 0 Å². The number of rotatable bonds is 3. The summed E-state index contributed by atoms with van der Waals surface area (Å²) in [6.07, 6.45) is -3.95. The molecule has 0 aromatic heterocycles. The third-order valence-electron chi connectivity index (χ3n) is 3.56. The van der Waals surface area contributed by atoms with Gasteiger partial charge >= 0.3 is 12.1 Å². The Balaban J connectivity index is 2.49. The molecule has 0 spiro atoms. The maximum Gasteiger partial charge on any atom is 0.418 e. The van der Waals surface area contributed by atoms with Gasteiger partial charge in [0.25, 0.3) is 0 Å². The Kier molecular flexibility index (Phi) is 4.41. The molecule has 0 amide bonds. The van der Waals surface area contributed by atoms with Gasteiger partial charge in [-0.15, -0.1) is 0 Å². The van der Waals surface area contributed by atoms with E-state index < -0.39 is 17.7 Å². The van der Waals surface area contributed by atoms with Crippen molar-refractivity contribution in [2.45, 2.75) is 25.6 Å². The van der Waals surface area contributed by atoms with Crippen LogP contribution in [0.4, 0.5) is 18.9 Å². The van der Waals surface area contributed by atoms with E-state index in [0.717, 1.165) is 0 Å². The lowest BCUT2D eigenvalue weighted by Crippen LogP contribution is -2.46. The van der Waals surface area contributed by atoms with Crippen molar-refractivity contribution in [2.75, 3.05) is 24.7 Å². The molecule has 21 heavy (non-hydrogen) atoms. The van der Waals surface area contributed by atoms with Crippen LogP contribution in [0.5, 0.6) is 0 Å². The summed E-state index contributed by atoms with van der Waals surface area (Å²) < 4.78 is 45.0. The predicted molar refractivity (Wildman–Crippen MR) is 70.6 cm³/mol. The van der Waals surface area contributed by atoms with Crippen molar-refractivity contribution in [1.29, 1.82) is 0 Å². The van der Waals surface area contributed by atoms with Crippen molar-refractivity contribution in [3.05, 3.63) is 29.3 Å². The van der Waals surface area contributed by atoms with Crippen molar-refractivity contribution >= 4 is 11.7 Å². The standard InChI is InChI=1S/C14H16F3NO3/c1-2-10-8-21-6-5-18(10)12-4-3-9(13(19)20)7-11(12)14(15,16)17/h3-4,7,10H,2,5-6,8H2,1H3,(H,19,20). The Morgan fingerprint density at radius 3 is 2.76 bits per heavy atom. The van der Waals surface area contributed by atoms with Gasteiger partial charge < -0.3 is 14.7 Å². The first-order valence-electron chi connectivity index (χ1n) is 6.63. The van der Waals surface area contributed by atoms with Crippen molar-refractivity contribution in [2.24, 2.45) is 0 Å². The topological polar surface area (TPSA) is 49.8 Å². The van der Waals surface area contributed by atoms with Gasteiger partial charge in [-0.1, -0.05) is 6.92 Å². The molecule has 1 saturated heterocycles. The molecule has 1 aliphatic heterocycles. The van der Waals surface area contributed by atoms with E-state index in [1.165, 1.54) is 12.1 Å².